The molecule has 0 aliphatic carbocycles. The van der Waals surface area contributed by atoms with Crippen LogP contribution in [0.2, 0.25) is 0 Å². The van der Waals surface area contributed by atoms with Crippen LogP contribution in [0.4, 0.5) is 5.69 Å². The Hall–Kier alpha value is -1.31. The number of hydrogen-bond donors (Lipinski definition) is 0. The molecule has 1 fully saturated rings. The fourth-order valence-corrected chi connectivity index (χ4v) is 2.19. The first-order valence-electron chi connectivity index (χ1n) is 5.71. The second-order valence-corrected chi connectivity index (χ2v) is 4.08. The van der Waals surface area contributed by atoms with E-state index < -0.39 is 0 Å². The van der Waals surface area contributed by atoms with Crippen molar-refractivity contribution in [3.05, 3.63) is 29.8 Å². The number of benzene rings is 1. The standard InChI is InChI=1S/C13H17NO/c15-11-12-7-3-4-8-13(12)14-9-5-1-2-6-10-14/h3-4,7-8,11H,1-2,5-6,9-10H2. The molecule has 1 aromatic carbocycles. The third kappa shape index (κ3) is 2.38. The summed E-state index contributed by atoms with van der Waals surface area (Å²) in [6.45, 7) is 2.18. The first kappa shape index (κ1) is 10.2. The summed E-state index contributed by atoms with van der Waals surface area (Å²) in [6.07, 6.45) is 6.08. The van der Waals surface area contributed by atoms with Crippen LogP contribution in [0.3, 0.4) is 0 Å². The average molecular weight is 203 g/mol. The van der Waals surface area contributed by atoms with Gasteiger partial charge in [0.1, 0.15) is 0 Å². The molecule has 2 rings (SSSR count). The molecule has 80 valence electrons. The summed E-state index contributed by atoms with van der Waals surface area (Å²) in [4.78, 5) is 13.3. The van der Waals surface area contributed by atoms with E-state index in [-0.39, 0.29) is 0 Å². The number of nitrogens with zero attached hydrogens (tertiary/aromatic N) is 1. The Morgan fingerprint density at radius 3 is 2.33 bits per heavy atom. The second kappa shape index (κ2) is 4.96. The molecule has 0 radical (unpaired) electrons. The largest absolute Gasteiger partial charge is 0.371 e. The highest BCUT2D eigenvalue weighted by molar-refractivity contribution is 5.84. The van der Waals surface area contributed by atoms with Crippen LogP contribution in [-0.2, 0) is 0 Å². The van der Waals surface area contributed by atoms with E-state index in [1.807, 2.05) is 18.2 Å². The van der Waals surface area contributed by atoms with Gasteiger partial charge in [-0.25, -0.2) is 0 Å². The molecule has 1 aromatic rings. The highest BCUT2D eigenvalue weighted by Crippen LogP contribution is 2.22. The van der Waals surface area contributed by atoms with Gasteiger partial charge in [0.25, 0.3) is 0 Å². The quantitative estimate of drug-likeness (QED) is 0.689. The van der Waals surface area contributed by atoms with Gasteiger partial charge in [0.2, 0.25) is 0 Å². The number of anilines is 1. The number of carbonyl (C=O) groups excluding carboxylic acids is 1. The van der Waals surface area contributed by atoms with Crippen molar-refractivity contribution in [2.75, 3.05) is 18.0 Å². The number of hydrogen-bond acceptors (Lipinski definition) is 2. The Morgan fingerprint density at radius 2 is 1.67 bits per heavy atom. The first-order valence-corrected chi connectivity index (χ1v) is 5.71. The Bertz CT molecular complexity index is 327. The molecule has 0 amide bonds. The van der Waals surface area contributed by atoms with Crippen LogP contribution in [0.15, 0.2) is 24.3 Å². The zero-order valence-electron chi connectivity index (χ0n) is 8.98. The van der Waals surface area contributed by atoms with Gasteiger partial charge in [-0.05, 0) is 25.0 Å². The highest BCUT2D eigenvalue weighted by atomic mass is 16.1. The SMILES string of the molecule is O=Cc1ccccc1N1CCCCCC1. The van der Waals surface area contributed by atoms with E-state index in [0.717, 1.165) is 30.6 Å². The minimum absolute atomic E-state index is 0.819. The summed E-state index contributed by atoms with van der Waals surface area (Å²) in [6, 6.07) is 7.88. The Morgan fingerprint density at radius 1 is 1.00 bits per heavy atom. The van der Waals surface area contributed by atoms with Crippen molar-refractivity contribution >= 4 is 12.0 Å². The summed E-state index contributed by atoms with van der Waals surface area (Å²) >= 11 is 0. The molecule has 0 N–H and O–H groups in total. The lowest BCUT2D eigenvalue weighted by Gasteiger charge is -2.23. The van der Waals surface area contributed by atoms with Gasteiger partial charge in [0.05, 0.1) is 0 Å². The Kier molecular flexibility index (Phi) is 3.38. The molecular formula is C13H17NO. The first-order chi connectivity index (χ1) is 7.42. The van der Waals surface area contributed by atoms with Gasteiger partial charge in [0, 0.05) is 24.3 Å². The summed E-state index contributed by atoms with van der Waals surface area (Å²) < 4.78 is 0. The van der Waals surface area contributed by atoms with Crippen molar-refractivity contribution in [2.45, 2.75) is 25.7 Å². The van der Waals surface area contributed by atoms with E-state index in [1.54, 1.807) is 0 Å². The van der Waals surface area contributed by atoms with Crippen LogP contribution >= 0.6 is 0 Å². The molecule has 1 heterocycles. The van der Waals surface area contributed by atoms with Crippen molar-refractivity contribution in [3.8, 4) is 0 Å². The third-order valence-electron chi connectivity index (χ3n) is 3.01. The third-order valence-corrected chi connectivity index (χ3v) is 3.01. The molecular weight excluding hydrogens is 186 g/mol. The van der Waals surface area contributed by atoms with E-state index in [4.69, 9.17) is 0 Å². The maximum atomic E-state index is 10.9. The zero-order chi connectivity index (χ0) is 10.5. The molecule has 1 saturated heterocycles. The predicted molar refractivity (Wildman–Crippen MR) is 62.5 cm³/mol. The molecule has 0 bridgehead atoms. The Balaban J connectivity index is 2.22. The van der Waals surface area contributed by atoms with E-state index in [1.165, 1.54) is 25.7 Å². The maximum Gasteiger partial charge on any atom is 0.152 e. The highest BCUT2D eigenvalue weighted by Gasteiger charge is 2.12. The molecule has 0 atom stereocenters. The molecule has 0 spiro atoms. The van der Waals surface area contributed by atoms with Crippen LogP contribution in [0, 0.1) is 0 Å². The summed E-state index contributed by atoms with van der Waals surface area (Å²) in [5, 5.41) is 0. The van der Waals surface area contributed by atoms with Crippen molar-refractivity contribution in [1.82, 2.24) is 0 Å². The summed E-state index contributed by atoms with van der Waals surface area (Å²) in [5.41, 5.74) is 1.92. The van der Waals surface area contributed by atoms with Crippen LogP contribution in [0.1, 0.15) is 36.0 Å². The van der Waals surface area contributed by atoms with Crippen LogP contribution in [0.25, 0.3) is 0 Å². The molecule has 2 heteroatoms. The van der Waals surface area contributed by atoms with Crippen molar-refractivity contribution in [3.63, 3.8) is 0 Å². The molecule has 0 saturated carbocycles. The van der Waals surface area contributed by atoms with E-state index >= 15 is 0 Å². The monoisotopic (exact) mass is 203 g/mol. The van der Waals surface area contributed by atoms with Crippen molar-refractivity contribution in [2.24, 2.45) is 0 Å². The lowest BCUT2D eigenvalue weighted by Crippen LogP contribution is -2.24. The van der Waals surface area contributed by atoms with Gasteiger partial charge < -0.3 is 4.90 Å². The molecule has 1 aliphatic heterocycles. The molecule has 2 nitrogen and oxygen atoms in total. The van der Waals surface area contributed by atoms with Gasteiger partial charge in [-0.2, -0.15) is 0 Å². The van der Waals surface area contributed by atoms with Gasteiger partial charge >= 0.3 is 0 Å². The average Bonchev–Trinajstić information content (AvgIpc) is 2.57. The molecule has 1 aliphatic rings. The van der Waals surface area contributed by atoms with Crippen LogP contribution < -0.4 is 4.90 Å². The molecule has 15 heavy (non-hydrogen) atoms. The fourth-order valence-electron chi connectivity index (χ4n) is 2.19. The van der Waals surface area contributed by atoms with Gasteiger partial charge in [0.15, 0.2) is 6.29 Å². The molecule has 0 aromatic heterocycles. The topological polar surface area (TPSA) is 20.3 Å². The van der Waals surface area contributed by atoms with Crippen molar-refractivity contribution < 1.29 is 4.79 Å². The second-order valence-electron chi connectivity index (χ2n) is 4.08. The number of aldehydes is 1. The van der Waals surface area contributed by atoms with E-state index in [2.05, 4.69) is 11.0 Å². The van der Waals surface area contributed by atoms with E-state index in [0.29, 0.717) is 0 Å². The van der Waals surface area contributed by atoms with Gasteiger partial charge in [-0.1, -0.05) is 25.0 Å². The lowest BCUT2D eigenvalue weighted by atomic mass is 10.1. The lowest BCUT2D eigenvalue weighted by molar-refractivity contribution is 0.112. The maximum absolute atomic E-state index is 10.9. The van der Waals surface area contributed by atoms with Crippen LogP contribution in [0.5, 0.6) is 0 Å². The zero-order valence-corrected chi connectivity index (χ0v) is 8.98. The smallest absolute Gasteiger partial charge is 0.152 e. The van der Waals surface area contributed by atoms with Crippen LogP contribution in [-0.4, -0.2) is 19.4 Å². The number of carbonyl (C=O) groups is 1. The van der Waals surface area contributed by atoms with E-state index in [9.17, 15) is 4.79 Å². The van der Waals surface area contributed by atoms with Gasteiger partial charge in [-0.15, -0.1) is 0 Å². The Labute approximate surface area is 90.9 Å². The molecule has 0 unspecified atom stereocenters. The van der Waals surface area contributed by atoms with Crippen molar-refractivity contribution in [1.29, 1.82) is 0 Å². The minimum Gasteiger partial charge on any atom is -0.371 e. The normalized spacial score (nSPS) is 17.2. The minimum atomic E-state index is 0.819. The number of rotatable bonds is 2. The summed E-state index contributed by atoms with van der Waals surface area (Å²) in [7, 11) is 0. The van der Waals surface area contributed by atoms with Gasteiger partial charge in [-0.3, -0.25) is 4.79 Å². The number of para-hydroxylation sites is 1. The summed E-state index contributed by atoms with van der Waals surface area (Å²) in [5.74, 6) is 0. The fraction of sp³-hybridized carbons (Fsp3) is 0.462. The predicted octanol–water partition coefficient (Wildman–Crippen LogP) is 2.88.